The van der Waals surface area contributed by atoms with Gasteiger partial charge in [0.2, 0.25) is 0 Å². The summed E-state index contributed by atoms with van der Waals surface area (Å²) in [5, 5.41) is 0. The van der Waals surface area contributed by atoms with Crippen molar-refractivity contribution in [3.05, 3.63) is 0 Å². The fourth-order valence-corrected chi connectivity index (χ4v) is 7.99. The van der Waals surface area contributed by atoms with E-state index in [-0.39, 0.29) is 0 Å². The zero-order chi connectivity index (χ0) is 16.8. The van der Waals surface area contributed by atoms with E-state index in [0.717, 1.165) is 13.2 Å². The Morgan fingerprint density at radius 3 is 2.04 bits per heavy atom. The van der Waals surface area contributed by atoms with Crippen molar-refractivity contribution in [2.45, 2.75) is 109 Å². The summed E-state index contributed by atoms with van der Waals surface area (Å²) in [6.07, 6.45) is 15.5. The molecule has 2 saturated heterocycles. The average molecular weight is 359 g/mol. The van der Waals surface area contributed by atoms with Crippen molar-refractivity contribution >= 4 is 17.4 Å². The van der Waals surface area contributed by atoms with Gasteiger partial charge in [-0.1, -0.05) is 64.7 Å². The molecule has 0 aromatic heterocycles. The van der Waals surface area contributed by atoms with Gasteiger partial charge >= 0.3 is 0 Å². The second kappa shape index (κ2) is 13.6. The maximum atomic E-state index is 5.86. The van der Waals surface area contributed by atoms with Crippen LogP contribution in [0, 0.1) is 0 Å². The topological polar surface area (TPSA) is 18.5 Å². The van der Waals surface area contributed by atoms with E-state index in [2.05, 4.69) is 20.0 Å². The molecular formula is C19H42O2Si2. The van der Waals surface area contributed by atoms with Gasteiger partial charge in [0.25, 0.3) is 0 Å². The van der Waals surface area contributed by atoms with Gasteiger partial charge in [0.15, 0.2) is 17.4 Å². The number of hydrogen-bond donors (Lipinski definition) is 0. The van der Waals surface area contributed by atoms with Crippen molar-refractivity contribution in [1.82, 2.24) is 0 Å². The lowest BCUT2D eigenvalue weighted by Gasteiger charge is -2.27. The van der Waals surface area contributed by atoms with E-state index < -0.39 is 17.4 Å². The highest BCUT2D eigenvalue weighted by molar-refractivity contribution is 6.71. The second-order valence-corrected chi connectivity index (χ2v) is 15.0. The summed E-state index contributed by atoms with van der Waals surface area (Å²) in [7, 11) is -1.78. The molecule has 2 rings (SSSR count). The second-order valence-electron chi connectivity index (χ2n) is 7.96. The van der Waals surface area contributed by atoms with Gasteiger partial charge in [-0.15, -0.1) is 0 Å². The molecule has 2 fully saturated rings. The summed E-state index contributed by atoms with van der Waals surface area (Å²) in [5.41, 5.74) is 0. The van der Waals surface area contributed by atoms with Crippen LogP contribution in [-0.2, 0) is 8.85 Å². The lowest BCUT2D eigenvalue weighted by molar-refractivity contribution is 0.275. The Kier molecular flexibility index (Phi) is 12.7. The SMILES string of the molecule is CCCCCCCCC[SiH]1CCCCO1.C[Si]1(C)CCCCO1. The van der Waals surface area contributed by atoms with Crippen LogP contribution in [0.5, 0.6) is 0 Å². The number of rotatable bonds is 8. The summed E-state index contributed by atoms with van der Waals surface area (Å²) in [6, 6.07) is 4.27. The summed E-state index contributed by atoms with van der Waals surface area (Å²) < 4.78 is 11.5. The van der Waals surface area contributed by atoms with Gasteiger partial charge in [0, 0.05) is 13.2 Å². The molecule has 0 spiro atoms. The molecule has 0 amide bonds. The minimum absolute atomic E-state index is 0.691. The van der Waals surface area contributed by atoms with E-state index in [1.54, 1.807) is 0 Å². The molecule has 0 saturated carbocycles. The van der Waals surface area contributed by atoms with Crippen molar-refractivity contribution in [3.8, 4) is 0 Å². The Bertz CT molecular complexity index is 258. The highest BCUT2D eigenvalue weighted by atomic mass is 28.4. The lowest BCUT2D eigenvalue weighted by Crippen LogP contribution is -2.33. The Labute approximate surface area is 148 Å². The van der Waals surface area contributed by atoms with Crippen molar-refractivity contribution in [2.24, 2.45) is 0 Å². The molecule has 0 N–H and O–H groups in total. The van der Waals surface area contributed by atoms with Crippen LogP contribution in [0.3, 0.4) is 0 Å². The molecule has 2 aliphatic rings. The quantitative estimate of drug-likeness (QED) is 0.376. The summed E-state index contributed by atoms with van der Waals surface area (Å²) in [4.78, 5) is 0. The minimum Gasteiger partial charge on any atom is -0.420 e. The molecule has 0 aromatic rings. The third-order valence-electron chi connectivity index (χ3n) is 5.07. The van der Waals surface area contributed by atoms with Gasteiger partial charge in [-0.25, -0.2) is 0 Å². The summed E-state index contributed by atoms with van der Waals surface area (Å²) in [6.45, 7) is 8.98. The van der Waals surface area contributed by atoms with Crippen molar-refractivity contribution in [2.75, 3.05) is 13.2 Å². The first-order chi connectivity index (χ1) is 11.1. The van der Waals surface area contributed by atoms with Gasteiger partial charge in [-0.05, 0) is 44.1 Å². The van der Waals surface area contributed by atoms with Crippen LogP contribution in [-0.4, -0.2) is 30.6 Å². The molecule has 0 radical (unpaired) electrons. The number of hydrogen-bond acceptors (Lipinski definition) is 2. The van der Waals surface area contributed by atoms with Crippen LogP contribution < -0.4 is 0 Å². The minimum atomic E-state index is -1.09. The molecule has 138 valence electrons. The van der Waals surface area contributed by atoms with Crippen LogP contribution in [0.4, 0.5) is 0 Å². The zero-order valence-electron chi connectivity index (χ0n) is 16.2. The molecule has 0 aromatic carbocycles. The molecule has 2 aliphatic heterocycles. The zero-order valence-corrected chi connectivity index (χ0v) is 18.4. The number of unbranched alkanes of at least 4 members (excludes halogenated alkanes) is 6. The normalized spacial score (nSPS) is 23.9. The fraction of sp³-hybridized carbons (Fsp3) is 1.00. The van der Waals surface area contributed by atoms with Gasteiger partial charge < -0.3 is 8.85 Å². The molecule has 0 bridgehead atoms. The highest BCUT2D eigenvalue weighted by Crippen LogP contribution is 2.20. The molecular weight excluding hydrogens is 316 g/mol. The van der Waals surface area contributed by atoms with Gasteiger partial charge in [-0.3, -0.25) is 0 Å². The smallest absolute Gasteiger partial charge is 0.186 e. The maximum absolute atomic E-state index is 5.86. The van der Waals surface area contributed by atoms with Crippen LogP contribution in [0.1, 0.15) is 77.6 Å². The molecule has 4 heteroatoms. The van der Waals surface area contributed by atoms with E-state index in [1.165, 1.54) is 88.8 Å². The van der Waals surface area contributed by atoms with E-state index in [4.69, 9.17) is 8.85 Å². The molecule has 2 nitrogen and oxygen atoms in total. The van der Waals surface area contributed by atoms with Gasteiger partial charge in [-0.2, -0.15) is 0 Å². The molecule has 1 atom stereocenters. The monoisotopic (exact) mass is 358 g/mol. The van der Waals surface area contributed by atoms with Crippen LogP contribution in [0.2, 0.25) is 31.2 Å². The Morgan fingerprint density at radius 2 is 1.52 bits per heavy atom. The molecule has 1 unspecified atom stereocenters. The maximum Gasteiger partial charge on any atom is 0.186 e. The van der Waals surface area contributed by atoms with Crippen molar-refractivity contribution in [1.29, 1.82) is 0 Å². The first-order valence-electron chi connectivity index (χ1n) is 10.4. The molecule has 23 heavy (non-hydrogen) atoms. The lowest BCUT2D eigenvalue weighted by atomic mass is 10.1. The van der Waals surface area contributed by atoms with E-state index in [9.17, 15) is 0 Å². The predicted octanol–water partition coefficient (Wildman–Crippen LogP) is 6.27. The van der Waals surface area contributed by atoms with E-state index >= 15 is 0 Å². The fourth-order valence-electron chi connectivity index (χ4n) is 3.44. The van der Waals surface area contributed by atoms with Crippen molar-refractivity contribution in [3.63, 3.8) is 0 Å². The summed E-state index contributed by atoms with van der Waals surface area (Å²) >= 11 is 0. The Hall–Kier alpha value is 0.354. The first-order valence-corrected chi connectivity index (χ1v) is 15.6. The molecule has 2 heterocycles. The van der Waals surface area contributed by atoms with Gasteiger partial charge in [0.1, 0.15) is 0 Å². The van der Waals surface area contributed by atoms with E-state index in [1.807, 2.05) is 0 Å². The highest BCUT2D eigenvalue weighted by Gasteiger charge is 2.24. The van der Waals surface area contributed by atoms with Crippen LogP contribution in [0.25, 0.3) is 0 Å². The average Bonchev–Trinajstić information content (AvgIpc) is 2.55. The van der Waals surface area contributed by atoms with Crippen molar-refractivity contribution < 1.29 is 8.85 Å². The third kappa shape index (κ3) is 12.4. The molecule has 0 aliphatic carbocycles. The Morgan fingerprint density at radius 1 is 0.826 bits per heavy atom. The van der Waals surface area contributed by atoms with Crippen LogP contribution in [0.15, 0.2) is 0 Å². The third-order valence-corrected chi connectivity index (χ3v) is 10.4. The largest absolute Gasteiger partial charge is 0.420 e. The summed E-state index contributed by atoms with van der Waals surface area (Å²) in [5.74, 6) is 0. The van der Waals surface area contributed by atoms with Crippen LogP contribution >= 0.6 is 0 Å². The van der Waals surface area contributed by atoms with Gasteiger partial charge in [0.05, 0.1) is 0 Å². The van der Waals surface area contributed by atoms with E-state index in [0.29, 0.717) is 0 Å². The Balaban J connectivity index is 0.000000277. The standard InChI is InChI=1S/C13H28OSi.C6H14OSi/c1-2-3-4-5-6-7-9-12-15-13-10-8-11-14-15;1-8(2)6-4-3-5-7-8/h15H,2-13H2,1H3;3-6H2,1-2H3. The predicted molar refractivity (Wildman–Crippen MR) is 107 cm³/mol. The first kappa shape index (κ1) is 21.4.